The molecule has 0 spiro atoms. The SMILES string of the molecule is Cc1nc(C(C)(C)CN)n[nH]1.Cl.Cl. The highest BCUT2D eigenvalue weighted by molar-refractivity contribution is 5.85. The maximum atomic E-state index is 5.55. The molecule has 0 saturated carbocycles. The van der Waals surface area contributed by atoms with Gasteiger partial charge in [0.15, 0.2) is 5.82 Å². The van der Waals surface area contributed by atoms with Gasteiger partial charge in [0, 0.05) is 12.0 Å². The molecule has 0 aliphatic heterocycles. The molecule has 1 aromatic rings. The van der Waals surface area contributed by atoms with Crippen molar-refractivity contribution in [1.29, 1.82) is 0 Å². The number of aryl methyl sites for hydroxylation is 1. The maximum absolute atomic E-state index is 5.55. The van der Waals surface area contributed by atoms with Crippen molar-refractivity contribution in [1.82, 2.24) is 15.2 Å². The quantitative estimate of drug-likeness (QED) is 0.797. The van der Waals surface area contributed by atoms with E-state index < -0.39 is 0 Å². The number of aromatic nitrogens is 3. The van der Waals surface area contributed by atoms with Crippen LogP contribution in [0.25, 0.3) is 0 Å². The molecule has 0 radical (unpaired) electrons. The van der Waals surface area contributed by atoms with Gasteiger partial charge in [-0.15, -0.1) is 24.8 Å². The number of hydrogen-bond acceptors (Lipinski definition) is 3. The number of aromatic amines is 1. The first-order valence-corrected chi connectivity index (χ1v) is 3.66. The Bertz CT molecular complexity index is 246. The third kappa shape index (κ3) is 3.50. The highest BCUT2D eigenvalue weighted by Crippen LogP contribution is 2.16. The molecule has 1 heterocycles. The molecule has 0 unspecified atom stereocenters. The molecule has 13 heavy (non-hydrogen) atoms. The summed E-state index contributed by atoms with van der Waals surface area (Å²) in [7, 11) is 0. The highest BCUT2D eigenvalue weighted by Gasteiger charge is 2.22. The van der Waals surface area contributed by atoms with Crippen molar-refractivity contribution < 1.29 is 0 Å². The van der Waals surface area contributed by atoms with Crippen LogP contribution in [0.2, 0.25) is 0 Å². The Morgan fingerprint density at radius 1 is 1.38 bits per heavy atom. The molecular formula is C7H16Cl2N4. The Kier molecular flexibility index (Phi) is 6.32. The lowest BCUT2D eigenvalue weighted by Crippen LogP contribution is -2.29. The summed E-state index contributed by atoms with van der Waals surface area (Å²) in [6, 6.07) is 0. The zero-order chi connectivity index (χ0) is 8.48. The summed E-state index contributed by atoms with van der Waals surface area (Å²) in [5, 5.41) is 6.83. The summed E-state index contributed by atoms with van der Waals surface area (Å²) in [6.07, 6.45) is 0. The van der Waals surface area contributed by atoms with Crippen LogP contribution >= 0.6 is 24.8 Å². The van der Waals surface area contributed by atoms with Gasteiger partial charge in [0.1, 0.15) is 5.82 Å². The zero-order valence-electron chi connectivity index (χ0n) is 8.00. The average molecular weight is 227 g/mol. The van der Waals surface area contributed by atoms with Gasteiger partial charge in [0.05, 0.1) is 0 Å². The fourth-order valence-electron chi connectivity index (χ4n) is 0.737. The molecule has 6 heteroatoms. The molecule has 0 atom stereocenters. The zero-order valence-corrected chi connectivity index (χ0v) is 9.63. The molecule has 0 saturated heterocycles. The summed E-state index contributed by atoms with van der Waals surface area (Å²) >= 11 is 0. The Morgan fingerprint density at radius 3 is 2.23 bits per heavy atom. The van der Waals surface area contributed by atoms with Crippen molar-refractivity contribution in [3.05, 3.63) is 11.6 Å². The van der Waals surface area contributed by atoms with E-state index in [1.54, 1.807) is 0 Å². The largest absolute Gasteiger partial charge is 0.329 e. The van der Waals surface area contributed by atoms with Gasteiger partial charge in [-0.25, -0.2) is 4.98 Å². The maximum Gasteiger partial charge on any atom is 0.157 e. The molecule has 78 valence electrons. The summed E-state index contributed by atoms with van der Waals surface area (Å²) in [5.41, 5.74) is 5.43. The van der Waals surface area contributed by atoms with E-state index in [0.29, 0.717) is 6.54 Å². The molecule has 4 nitrogen and oxygen atoms in total. The van der Waals surface area contributed by atoms with Crippen LogP contribution < -0.4 is 5.73 Å². The molecule has 1 aromatic heterocycles. The monoisotopic (exact) mass is 226 g/mol. The van der Waals surface area contributed by atoms with E-state index in [1.807, 2.05) is 20.8 Å². The lowest BCUT2D eigenvalue weighted by atomic mass is 9.93. The van der Waals surface area contributed by atoms with Crippen LogP contribution in [0.15, 0.2) is 0 Å². The van der Waals surface area contributed by atoms with E-state index in [2.05, 4.69) is 15.2 Å². The van der Waals surface area contributed by atoms with E-state index in [-0.39, 0.29) is 30.2 Å². The smallest absolute Gasteiger partial charge is 0.157 e. The molecule has 0 amide bonds. The second-order valence-electron chi connectivity index (χ2n) is 3.33. The summed E-state index contributed by atoms with van der Waals surface area (Å²) < 4.78 is 0. The predicted molar refractivity (Wildman–Crippen MR) is 57.7 cm³/mol. The number of nitrogens with one attached hydrogen (secondary N) is 1. The van der Waals surface area contributed by atoms with Gasteiger partial charge in [-0.2, -0.15) is 5.10 Å². The van der Waals surface area contributed by atoms with Crippen molar-refractivity contribution >= 4 is 24.8 Å². The van der Waals surface area contributed by atoms with Crippen LogP contribution in [-0.4, -0.2) is 21.7 Å². The minimum absolute atomic E-state index is 0. The van der Waals surface area contributed by atoms with E-state index in [9.17, 15) is 0 Å². The standard InChI is InChI=1S/C7H14N4.2ClH/c1-5-9-6(11-10-5)7(2,3)4-8;;/h4,8H2,1-3H3,(H,9,10,11);2*1H. The normalized spacial score (nSPS) is 10.2. The minimum atomic E-state index is -0.120. The number of nitrogens with two attached hydrogens (primary N) is 1. The topological polar surface area (TPSA) is 67.6 Å². The van der Waals surface area contributed by atoms with Crippen molar-refractivity contribution in [3.63, 3.8) is 0 Å². The van der Waals surface area contributed by atoms with E-state index >= 15 is 0 Å². The molecule has 0 aromatic carbocycles. The van der Waals surface area contributed by atoms with Gasteiger partial charge >= 0.3 is 0 Å². The lowest BCUT2D eigenvalue weighted by Gasteiger charge is -2.16. The summed E-state index contributed by atoms with van der Waals surface area (Å²) in [4.78, 5) is 4.21. The Hall–Kier alpha value is -0.320. The van der Waals surface area contributed by atoms with Gasteiger partial charge in [0.25, 0.3) is 0 Å². The predicted octanol–water partition coefficient (Wildman–Crippen LogP) is 1.19. The number of hydrogen-bond donors (Lipinski definition) is 2. The van der Waals surface area contributed by atoms with Crippen LogP contribution in [0.4, 0.5) is 0 Å². The second kappa shape index (κ2) is 5.42. The number of nitrogens with zero attached hydrogens (tertiary/aromatic N) is 2. The molecule has 0 aliphatic carbocycles. The van der Waals surface area contributed by atoms with Gasteiger partial charge in [0.2, 0.25) is 0 Å². The third-order valence-electron chi connectivity index (χ3n) is 1.71. The van der Waals surface area contributed by atoms with Crippen molar-refractivity contribution in [3.8, 4) is 0 Å². The Balaban J connectivity index is 0. The molecule has 1 rings (SSSR count). The van der Waals surface area contributed by atoms with Crippen LogP contribution in [0.3, 0.4) is 0 Å². The summed E-state index contributed by atoms with van der Waals surface area (Å²) in [5.74, 6) is 1.62. The van der Waals surface area contributed by atoms with Gasteiger partial charge in [-0.05, 0) is 6.92 Å². The Morgan fingerprint density at radius 2 is 1.92 bits per heavy atom. The fraction of sp³-hybridized carbons (Fsp3) is 0.714. The van der Waals surface area contributed by atoms with Gasteiger partial charge in [-0.3, -0.25) is 5.10 Å². The van der Waals surface area contributed by atoms with E-state index in [4.69, 9.17) is 5.73 Å². The number of H-pyrrole nitrogens is 1. The van der Waals surface area contributed by atoms with Gasteiger partial charge < -0.3 is 5.73 Å². The second-order valence-corrected chi connectivity index (χ2v) is 3.33. The first-order chi connectivity index (χ1) is 5.06. The fourth-order valence-corrected chi connectivity index (χ4v) is 0.737. The van der Waals surface area contributed by atoms with E-state index in [1.165, 1.54) is 0 Å². The molecule has 0 aliphatic rings. The third-order valence-corrected chi connectivity index (χ3v) is 1.71. The minimum Gasteiger partial charge on any atom is -0.329 e. The van der Waals surface area contributed by atoms with Gasteiger partial charge in [-0.1, -0.05) is 13.8 Å². The van der Waals surface area contributed by atoms with Crippen LogP contribution in [-0.2, 0) is 5.41 Å². The van der Waals surface area contributed by atoms with Crippen LogP contribution in [0.5, 0.6) is 0 Å². The first kappa shape index (κ1) is 15.2. The van der Waals surface area contributed by atoms with Crippen molar-refractivity contribution in [2.24, 2.45) is 5.73 Å². The summed E-state index contributed by atoms with van der Waals surface area (Å²) in [6.45, 7) is 6.48. The Labute approximate surface area is 90.5 Å². The van der Waals surface area contributed by atoms with Crippen molar-refractivity contribution in [2.75, 3.05) is 6.54 Å². The van der Waals surface area contributed by atoms with E-state index in [0.717, 1.165) is 11.6 Å². The first-order valence-electron chi connectivity index (χ1n) is 3.66. The lowest BCUT2D eigenvalue weighted by molar-refractivity contribution is 0.504. The molecule has 3 N–H and O–H groups in total. The molecule has 0 bridgehead atoms. The number of rotatable bonds is 2. The number of halogens is 2. The van der Waals surface area contributed by atoms with Crippen molar-refractivity contribution in [2.45, 2.75) is 26.2 Å². The molecular weight excluding hydrogens is 211 g/mol. The highest BCUT2D eigenvalue weighted by atomic mass is 35.5. The van der Waals surface area contributed by atoms with Crippen LogP contribution in [0.1, 0.15) is 25.5 Å². The average Bonchev–Trinajstić information content (AvgIpc) is 2.36. The van der Waals surface area contributed by atoms with Crippen LogP contribution in [0, 0.1) is 6.92 Å². The molecule has 0 fully saturated rings.